The second-order valence-corrected chi connectivity index (χ2v) is 6.06. The maximum Gasteiger partial charge on any atom is 0.416 e. The summed E-state index contributed by atoms with van der Waals surface area (Å²) < 4.78 is 38.8. The topological polar surface area (TPSA) is 17.1 Å². The Morgan fingerprint density at radius 2 is 1.74 bits per heavy atom. The lowest BCUT2D eigenvalue weighted by Crippen LogP contribution is -2.36. The number of rotatable bonds is 0. The van der Waals surface area contributed by atoms with E-state index in [0.717, 1.165) is 17.2 Å². The molecule has 0 amide bonds. The number of hydrogen-bond donors (Lipinski definition) is 0. The molecule has 4 heteroatoms. The molecule has 0 radical (unpaired) electrons. The number of fused-ring (bicyclic) bond motifs is 4. The van der Waals surface area contributed by atoms with E-state index in [-0.39, 0.29) is 5.78 Å². The van der Waals surface area contributed by atoms with Gasteiger partial charge < -0.3 is 0 Å². The Kier molecular flexibility index (Phi) is 2.83. The Morgan fingerprint density at radius 3 is 2.52 bits per heavy atom. The average molecular weight is 314 g/mol. The van der Waals surface area contributed by atoms with E-state index in [1.54, 1.807) is 12.2 Å². The van der Waals surface area contributed by atoms with Gasteiger partial charge in [-0.15, -0.1) is 0 Å². The lowest BCUT2D eigenvalue weighted by Gasteiger charge is -2.32. The van der Waals surface area contributed by atoms with Crippen LogP contribution in [0.1, 0.15) is 34.2 Å². The monoisotopic (exact) mass is 314 g/mol. The van der Waals surface area contributed by atoms with Gasteiger partial charge in [0.25, 0.3) is 0 Å². The van der Waals surface area contributed by atoms with Crippen LogP contribution < -0.4 is 0 Å². The van der Waals surface area contributed by atoms with Crippen LogP contribution in [0.5, 0.6) is 0 Å². The van der Waals surface area contributed by atoms with Crippen molar-refractivity contribution in [3.05, 3.63) is 76.4 Å². The van der Waals surface area contributed by atoms with Crippen LogP contribution in [0.3, 0.4) is 0 Å². The number of ketones is 1. The Balaban J connectivity index is 1.94. The van der Waals surface area contributed by atoms with Gasteiger partial charge >= 0.3 is 6.18 Å². The summed E-state index contributed by atoms with van der Waals surface area (Å²) in [5, 5.41) is 0. The van der Waals surface area contributed by atoms with Gasteiger partial charge in [-0.2, -0.15) is 13.2 Å². The number of allylic oxidation sites excluding steroid dienone is 1. The zero-order chi connectivity index (χ0) is 16.2. The van der Waals surface area contributed by atoms with Gasteiger partial charge in [0.15, 0.2) is 5.78 Å². The smallest absolute Gasteiger partial charge is 0.293 e. The molecule has 1 nitrogen and oxygen atoms in total. The van der Waals surface area contributed by atoms with Gasteiger partial charge in [0.1, 0.15) is 0 Å². The molecule has 1 unspecified atom stereocenters. The Hall–Kier alpha value is -2.36. The van der Waals surface area contributed by atoms with Crippen LogP contribution in [0.2, 0.25) is 0 Å². The zero-order valence-corrected chi connectivity index (χ0v) is 12.2. The number of halogens is 3. The fourth-order valence-electron chi connectivity index (χ4n) is 3.86. The molecular weight excluding hydrogens is 301 g/mol. The van der Waals surface area contributed by atoms with Crippen molar-refractivity contribution in [1.82, 2.24) is 0 Å². The molecule has 2 aromatic carbocycles. The predicted molar refractivity (Wildman–Crippen MR) is 81.0 cm³/mol. The van der Waals surface area contributed by atoms with Gasteiger partial charge in [-0.25, -0.2) is 0 Å². The summed E-state index contributed by atoms with van der Waals surface area (Å²) in [6.07, 6.45) is -0.0315. The molecule has 0 N–H and O–H groups in total. The van der Waals surface area contributed by atoms with E-state index in [4.69, 9.17) is 0 Å². The average Bonchev–Trinajstić information content (AvgIpc) is 2.91. The van der Waals surface area contributed by atoms with E-state index in [1.807, 2.05) is 24.3 Å². The van der Waals surface area contributed by atoms with Crippen LogP contribution in [-0.2, 0) is 22.8 Å². The molecule has 116 valence electrons. The van der Waals surface area contributed by atoms with E-state index in [1.165, 1.54) is 12.1 Å². The van der Waals surface area contributed by atoms with Crippen molar-refractivity contribution in [2.45, 2.75) is 24.4 Å². The van der Waals surface area contributed by atoms with Crippen LogP contribution in [0.15, 0.2) is 48.5 Å². The van der Waals surface area contributed by atoms with Gasteiger partial charge in [-0.1, -0.05) is 36.4 Å². The molecular formula is C19H13F3O. The molecule has 0 fully saturated rings. The third-order valence-corrected chi connectivity index (χ3v) is 4.92. The fraction of sp³-hybridized carbons (Fsp3) is 0.211. The maximum absolute atomic E-state index is 12.9. The highest BCUT2D eigenvalue weighted by molar-refractivity contribution is 6.08. The summed E-state index contributed by atoms with van der Waals surface area (Å²) in [5.41, 5.74) is 1.71. The summed E-state index contributed by atoms with van der Waals surface area (Å²) in [5.74, 6) is -0.0466. The SMILES string of the molecule is O=C1C=Cc2ccccc2C12CCc1cc(C(F)(F)F)ccc12. The van der Waals surface area contributed by atoms with Crippen molar-refractivity contribution in [1.29, 1.82) is 0 Å². The lowest BCUT2D eigenvalue weighted by molar-refractivity contribution is -0.137. The molecule has 0 saturated heterocycles. The first-order chi connectivity index (χ1) is 10.9. The summed E-state index contributed by atoms with van der Waals surface area (Å²) in [6, 6.07) is 11.4. The number of carbonyl (C=O) groups is 1. The van der Waals surface area contributed by atoms with E-state index < -0.39 is 17.2 Å². The van der Waals surface area contributed by atoms with Gasteiger partial charge in [-0.05, 0) is 53.3 Å². The Labute approximate surface area is 131 Å². The number of carbonyl (C=O) groups excluding carboxylic acids is 1. The normalized spacial score (nSPS) is 22.3. The molecule has 0 saturated carbocycles. The summed E-state index contributed by atoms with van der Waals surface area (Å²) in [7, 11) is 0. The van der Waals surface area contributed by atoms with Crippen LogP contribution in [0.25, 0.3) is 6.08 Å². The minimum atomic E-state index is -4.36. The van der Waals surface area contributed by atoms with Crippen molar-refractivity contribution in [3.8, 4) is 0 Å². The van der Waals surface area contributed by atoms with Crippen LogP contribution >= 0.6 is 0 Å². The fourth-order valence-corrected chi connectivity index (χ4v) is 3.86. The minimum Gasteiger partial charge on any atom is -0.293 e. The first kappa shape index (κ1) is 14.2. The standard InChI is InChI=1S/C19H13F3O/c20-19(21,22)14-6-7-16-13(11-14)9-10-18(16)15-4-2-1-3-12(15)5-8-17(18)23/h1-8,11H,9-10H2. The molecule has 0 aromatic heterocycles. The predicted octanol–water partition coefficient (Wildman–Crippen LogP) is 4.53. The molecule has 0 heterocycles. The van der Waals surface area contributed by atoms with Gasteiger partial charge in [-0.3, -0.25) is 4.79 Å². The summed E-state index contributed by atoms with van der Waals surface area (Å²) in [6.45, 7) is 0. The van der Waals surface area contributed by atoms with Gasteiger partial charge in [0, 0.05) is 0 Å². The number of alkyl halides is 3. The van der Waals surface area contributed by atoms with E-state index >= 15 is 0 Å². The number of aryl methyl sites for hydroxylation is 1. The number of benzene rings is 2. The molecule has 4 rings (SSSR count). The summed E-state index contributed by atoms with van der Waals surface area (Å²) >= 11 is 0. The largest absolute Gasteiger partial charge is 0.416 e. The van der Waals surface area contributed by atoms with E-state index in [2.05, 4.69) is 0 Å². The molecule has 1 atom stereocenters. The maximum atomic E-state index is 12.9. The first-order valence-corrected chi connectivity index (χ1v) is 7.45. The Morgan fingerprint density at radius 1 is 0.957 bits per heavy atom. The highest BCUT2D eigenvalue weighted by atomic mass is 19.4. The minimum absolute atomic E-state index is 0.0466. The lowest BCUT2D eigenvalue weighted by atomic mass is 9.68. The molecule has 0 bridgehead atoms. The quantitative estimate of drug-likeness (QED) is 0.698. The molecule has 2 aliphatic rings. The highest BCUT2D eigenvalue weighted by Gasteiger charge is 2.48. The van der Waals surface area contributed by atoms with E-state index in [9.17, 15) is 18.0 Å². The van der Waals surface area contributed by atoms with Crippen molar-refractivity contribution in [3.63, 3.8) is 0 Å². The van der Waals surface area contributed by atoms with E-state index in [0.29, 0.717) is 24.0 Å². The van der Waals surface area contributed by atoms with Gasteiger partial charge in [0.05, 0.1) is 11.0 Å². The van der Waals surface area contributed by atoms with Crippen LogP contribution in [0.4, 0.5) is 13.2 Å². The van der Waals surface area contributed by atoms with Crippen molar-refractivity contribution < 1.29 is 18.0 Å². The van der Waals surface area contributed by atoms with Crippen molar-refractivity contribution in [2.75, 3.05) is 0 Å². The number of hydrogen-bond acceptors (Lipinski definition) is 1. The second-order valence-electron chi connectivity index (χ2n) is 6.06. The first-order valence-electron chi connectivity index (χ1n) is 7.45. The molecule has 1 spiro atoms. The molecule has 0 aliphatic heterocycles. The summed E-state index contributed by atoms with van der Waals surface area (Å²) in [4.78, 5) is 12.7. The third kappa shape index (κ3) is 1.90. The Bertz CT molecular complexity index is 848. The van der Waals surface area contributed by atoms with Crippen LogP contribution in [-0.4, -0.2) is 5.78 Å². The van der Waals surface area contributed by atoms with Crippen LogP contribution in [0, 0.1) is 0 Å². The molecule has 23 heavy (non-hydrogen) atoms. The van der Waals surface area contributed by atoms with Crippen molar-refractivity contribution >= 4 is 11.9 Å². The second kappa shape index (κ2) is 4.57. The van der Waals surface area contributed by atoms with Crippen molar-refractivity contribution in [2.24, 2.45) is 0 Å². The van der Waals surface area contributed by atoms with Gasteiger partial charge in [0.2, 0.25) is 0 Å². The molecule has 2 aromatic rings. The zero-order valence-electron chi connectivity index (χ0n) is 12.2. The highest BCUT2D eigenvalue weighted by Crippen LogP contribution is 2.49. The third-order valence-electron chi connectivity index (χ3n) is 4.92. The molecule has 2 aliphatic carbocycles.